The lowest BCUT2D eigenvalue weighted by Crippen LogP contribution is -2.47. The average Bonchev–Trinajstić information content (AvgIpc) is 3.24. The molecule has 0 radical (unpaired) electrons. The van der Waals surface area contributed by atoms with Crippen molar-refractivity contribution in [1.29, 1.82) is 0 Å². The van der Waals surface area contributed by atoms with E-state index in [4.69, 9.17) is 4.84 Å². The number of aromatic nitrogens is 2. The number of nitrogens with zero attached hydrogens (tertiary/aromatic N) is 4. The van der Waals surface area contributed by atoms with Crippen LogP contribution in [-0.4, -0.2) is 44.6 Å². The first-order valence-corrected chi connectivity index (χ1v) is 10.9. The molecule has 170 valence electrons. The number of halogens is 2. The van der Waals surface area contributed by atoms with Crippen LogP contribution in [0.15, 0.2) is 65.7 Å². The van der Waals surface area contributed by atoms with E-state index >= 15 is 0 Å². The number of aliphatic hydroxyl groups excluding tert-OH is 1. The molecule has 6 nitrogen and oxygen atoms in total. The van der Waals surface area contributed by atoms with Crippen LogP contribution in [0.4, 0.5) is 8.78 Å². The van der Waals surface area contributed by atoms with Gasteiger partial charge in [-0.25, -0.2) is 13.8 Å². The summed E-state index contributed by atoms with van der Waals surface area (Å²) >= 11 is 0. The maximum absolute atomic E-state index is 13.6. The van der Waals surface area contributed by atoms with E-state index in [1.807, 2.05) is 42.0 Å². The molecule has 2 aliphatic heterocycles. The van der Waals surface area contributed by atoms with Crippen LogP contribution in [0.25, 0.3) is 11.8 Å². The summed E-state index contributed by atoms with van der Waals surface area (Å²) in [5.41, 5.74) is 4.23. The Bertz CT molecular complexity index is 1200. The highest BCUT2D eigenvalue weighted by atomic mass is 19.1. The third-order valence-electron chi connectivity index (χ3n) is 5.96. The number of oxime groups is 1. The smallest absolute Gasteiger partial charge is 0.174 e. The zero-order chi connectivity index (χ0) is 22.9. The van der Waals surface area contributed by atoms with Gasteiger partial charge in [-0.05, 0) is 66.8 Å². The lowest BCUT2D eigenvalue weighted by atomic mass is 9.97. The fourth-order valence-electron chi connectivity index (χ4n) is 4.30. The molecule has 5 rings (SSSR count). The van der Waals surface area contributed by atoms with Crippen LogP contribution >= 0.6 is 0 Å². The molecule has 0 bridgehead atoms. The van der Waals surface area contributed by atoms with E-state index in [9.17, 15) is 13.9 Å². The molecular formula is C25H24F2N4O2. The number of hydrogen-bond acceptors (Lipinski definition) is 5. The monoisotopic (exact) mass is 450 g/mol. The molecule has 2 aliphatic rings. The van der Waals surface area contributed by atoms with Crippen molar-refractivity contribution in [3.63, 3.8) is 0 Å². The van der Waals surface area contributed by atoms with Gasteiger partial charge in [-0.2, -0.15) is 0 Å². The van der Waals surface area contributed by atoms with Crippen LogP contribution in [0.2, 0.25) is 0 Å². The van der Waals surface area contributed by atoms with Gasteiger partial charge in [0.25, 0.3) is 0 Å². The van der Waals surface area contributed by atoms with Crippen molar-refractivity contribution >= 4 is 11.9 Å². The summed E-state index contributed by atoms with van der Waals surface area (Å²) in [6.07, 6.45) is 5.76. The Labute approximate surface area is 190 Å². The second kappa shape index (κ2) is 8.78. The first-order valence-electron chi connectivity index (χ1n) is 10.9. The SMILES string of the molecule is Cc1cn(-c2ccc(/C=C3\CCCN4CC(C(O)c5cc(F)cc(F)c5)ON=C34)cc2)cn1. The number of rotatable bonds is 4. The highest BCUT2D eigenvalue weighted by Gasteiger charge is 2.34. The summed E-state index contributed by atoms with van der Waals surface area (Å²) in [6.45, 7) is 3.12. The van der Waals surface area contributed by atoms with Gasteiger partial charge >= 0.3 is 0 Å². The largest absolute Gasteiger partial charge is 0.386 e. The molecule has 0 spiro atoms. The average molecular weight is 450 g/mol. The highest BCUT2D eigenvalue weighted by Crippen LogP contribution is 2.29. The van der Waals surface area contributed by atoms with Crippen molar-refractivity contribution in [3.05, 3.63) is 89.0 Å². The van der Waals surface area contributed by atoms with Gasteiger partial charge in [0.2, 0.25) is 0 Å². The number of amidine groups is 1. The molecule has 2 aromatic carbocycles. The predicted molar refractivity (Wildman–Crippen MR) is 121 cm³/mol. The van der Waals surface area contributed by atoms with Gasteiger partial charge in [-0.1, -0.05) is 17.3 Å². The van der Waals surface area contributed by atoms with E-state index in [1.54, 1.807) is 6.33 Å². The normalized spacial score (nSPS) is 20.2. The molecule has 0 saturated carbocycles. The summed E-state index contributed by atoms with van der Waals surface area (Å²) in [4.78, 5) is 11.9. The van der Waals surface area contributed by atoms with Crippen LogP contribution in [0.1, 0.15) is 35.8 Å². The van der Waals surface area contributed by atoms with E-state index in [2.05, 4.69) is 21.1 Å². The first kappa shape index (κ1) is 21.3. The zero-order valence-electron chi connectivity index (χ0n) is 18.2. The molecule has 2 unspecified atom stereocenters. The number of aliphatic hydroxyl groups is 1. The van der Waals surface area contributed by atoms with Gasteiger partial charge in [0.15, 0.2) is 11.9 Å². The molecule has 1 aromatic heterocycles. The summed E-state index contributed by atoms with van der Waals surface area (Å²) in [5.74, 6) is -0.729. The Balaban J connectivity index is 1.34. The number of imidazole rings is 1. The molecule has 0 amide bonds. The zero-order valence-corrected chi connectivity index (χ0v) is 18.2. The van der Waals surface area contributed by atoms with Crippen molar-refractivity contribution in [2.24, 2.45) is 5.16 Å². The van der Waals surface area contributed by atoms with Gasteiger partial charge in [0.05, 0.1) is 18.6 Å². The van der Waals surface area contributed by atoms with Crippen molar-refractivity contribution in [2.45, 2.75) is 32.0 Å². The number of hydrogen-bond donors (Lipinski definition) is 1. The quantitative estimate of drug-likeness (QED) is 0.641. The lowest BCUT2D eigenvalue weighted by Gasteiger charge is -2.38. The molecule has 33 heavy (non-hydrogen) atoms. The van der Waals surface area contributed by atoms with E-state index in [0.29, 0.717) is 6.54 Å². The third kappa shape index (κ3) is 4.52. The van der Waals surface area contributed by atoms with Gasteiger partial charge < -0.3 is 19.4 Å². The van der Waals surface area contributed by atoms with E-state index in [-0.39, 0.29) is 5.56 Å². The van der Waals surface area contributed by atoms with Crippen LogP contribution in [0.5, 0.6) is 0 Å². The molecule has 1 fully saturated rings. The van der Waals surface area contributed by atoms with Crippen molar-refractivity contribution < 1.29 is 18.7 Å². The third-order valence-corrected chi connectivity index (χ3v) is 5.96. The summed E-state index contributed by atoms with van der Waals surface area (Å²) in [7, 11) is 0. The Morgan fingerprint density at radius 1 is 1.15 bits per heavy atom. The Morgan fingerprint density at radius 2 is 1.91 bits per heavy atom. The maximum Gasteiger partial charge on any atom is 0.174 e. The molecule has 3 heterocycles. The topological polar surface area (TPSA) is 62.9 Å². The van der Waals surface area contributed by atoms with E-state index in [0.717, 1.165) is 65.9 Å². The Morgan fingerprint density at radius 3 is 2.61 bits per heavy atom. The molecule has 8 heteroatoms. The summed E-state index contributed by atoms with van der Waals surface area (Å²) in [5, 5.41) is 14.9. The molecule has 1 saturated heterocycles. The molecular weight excluding hydrogens is 426 g/mol. The van der Waals surface area contributed by atoms with Crippen molar-refractivity contribution in [1.82, 2.24) is 14.5 Å². The second-order valence-electron chi connectivity index (χ2n) is 8.44. The second-order valence-corrected chi connectivity index (χ2v) is 8.44. The van der Waals surface area contributed by atoms with Crippen molar-refractivity contribution in [3.8, 4) is 5.69 Å². The van der Waals surface area contributed by atoms with E-state index in [1.165, 1.54) is 0 Å². The van der Waals surface area contributed by atoms with Gasteiger partial charge in [0.1, 0.15) is 17.7 Å². The minimum Gasteiger partial charge on any atom is -0.386 e. The Hall–Kier alpha value is -3.52. The van der Waals surface area contributed by atoms with Crippen LogP contribution in [-0.2, 0) is 4.84 Å². The summed E-state index contributed by atoms with van der Waals surface area (Å²) in [6, 6.07) is 11.2. The number of piperidine rings is 1. The minimum atomic E-state index is -1.19. The fourth-order valence-corrected chi connectivity index (χ4v) is 4.30. The van der Waals surface area contributed by atoms with Crippen molar-refractivity contribution in [2.75, 3.05) is 13.1 Å². The first-order chi connectivity index (χ1) is 16.0. The van der Waals surface area contributed by atoms with Gasteiger partial charge in [-0.3, -0.25) is 0 Å². The van der Waals surface area contributed by atoms with E-state index < -0.39 is 23.8 Å². The Kier molecular flexibility index (Phi) is 5.68. The lowest BCUT2D eigenvalue weighted by molar-refractivity contribution is -0.0603. The molecule has 1 N–H and O–H groups in total. The molecule has 2 atom stereocenters. The van der Waals surface area contributed by atoms with Crippen LogP contribution in [0, 0.1) is 18.6 Å². The van der Waals surface area contributed by atoms with Crippen LogP contribution < -0.4 is 0 Å². The number of aryl methyl sites for hydroxylation is 1. The maximum atomic E-state index is 13.6. The number of benzene rings is 2. The summed E-state index contributed by atoms with van der Waals surface area (Å²) < 4.78 is 29.1. The highest BCUT2D eigenvalue weighted by molar-refractivity contribution is 6.02. The fraction of sp³-hybridized carbons (Fsp3) is 0.280. The van der Waals surface area contributed by atoms with Gasteiger partial charge in [0, 0.05) is 24.5 Å². The van der Waals surface area contributed by atoms with Gasteiger partial charge in [-0.15, -0.1) is 0 Å². The minimum absolute atomic E-state index is 0.136. The van der Waals surface area contributed by atoms with Crippen LogP contribution in [0.3, 0.4) is 0 Å². The standard InChI is InChI=1S/C25H24F2N4O2/c1-16-13-31(15-28-16)22-6-4-17(5-7-22)9-18-3-2-8-30-14-23(33-29-25(18)30)24(32)19-10-20(26)12-21(27)11-19/h4-7,9-13,15,23-24,32H,2-3,8,14H2,1H3/b18-9+. The molecule has 3 aromatic rings. The molecule has 0 aliphatic carbocycles. The predicted octanol–water partition coefficient (Wildman–Crippen LogP) is 4.38. The number of fused-ring (bicyclic) bond motifs is 1.